The molecule has 0 radical (unpaired) electrons. The van der Waals surface area contributed by atoms with E-state index in [9.17, 15) is 9.59 Å². The first kappa shape index (κ1) is 8.83. The number of nitrogens with one attached hydrogen (secondary N) is 1. The number of hydrazine groups is 1. The van der Waals surface area contributed by atoms with Crippen LogP contribution in [0, 0.1) is 0 Å². The van der Waals surface area contributed by atoms with Crippen LogP contribution in [0.25, 0.3) is 0 Å². The average Bonchev–Trinajstić information content (AvgIpc) is 2.16. The molecule has 0 aromatic rings. The van der Waals surface area contributed by atoms with Gasteiger partial charge in [-0.3, -0.25) is 9.80 Å². The van der Waals surface area contributed by atoms with Crippen molar-refractivity contribution in [2.75, 3.05) is 6.54 Å². The Kier molecular flexibility index (Phi) is 2.90. The first-order chi connectivity index (χ1) is 5.70. The fraction of sp³-hybridized carbons (Fsp3) is 0.714. The fourth-order valence-corrected chi connectivity index (χ4v) is 1.22. The standard InChI is InChI=1S/C7H12N2O3/c10-6-4-2-1-3-5-9(6)8-7(11)12/h8H,1-5H2,(H,11,12). The van der Waals surface area contributed by atoms with Crippen LogP contribution in [0.1, 0.15) is 25.7 Å². The lowest BCUT2D eigenvalue weighted by molar-refractivity contribution is -0.133. The van der Waals surface area contributed by atoms with Crippen molar-refractivity contribution in [3.8, 4) is 0 Å². The summed E-state index contributed by atoms with van der Waals surface area (Å²) in [6.45, 7) is 0.491. The smallest absolute Gasteiger partial charge is 0.423 e. The van der Waals surface area contributed by atoms with E-state index >= 15 is 0 Å². The van der Waals surface area contributed by atoms with E-state index in [-0.39, 0.29) is 5.91 Å². The van der Waals surface area contributed by atoms with Crippen molar-refractivity contribution < 1.29 is 14.7 Å². The Morgan fingerprint density at radius 1 is 1.42 bits per heavy atom. The van der Waals surface area contributed by atoms with Crippen LogP contribution in [0.5, 0.6) is 0 Å². The van der Waals surface area contributed by atoms with Gasteiger partial charge in [-0.05, 0) is 12.8 Å². The van der Waals surface area contributed by atoms with Gasteiger partial charge in [0, 0.05) is 13.0 Å². The van der Waals surface area contributed by atoms with E-state index in [0.717, 1.165) is 19.3 Å². The summed E-state index contributed by atoms with van der Waals surface area (Å²) < 4.78 is 0. The topological polar surface area (TPSA) is 69.6 Å². The van der Waals surface area contributed by atoms with Gasteiger partial charge in [-0.1, -0.05) is 6.42 Å². The molecule has 12 heavy (non-hydrogen) atoms. The summed E-state index contributed by atoms with van der Waals surface area (Å²) in [6.07, 6.45) is 1.98. The second kappa shape index (κ2) is 3.94. The van der Waals surface area contributed by atoms with Crippen molar-refractivity contribution in [2.24, 2.45) is 0 Å². The molecule has 1 saturated heterocycles. The molecule has 0 bridgehead atoms. The highest BCUT2D eigenvalue weighted by Crippen LogP contribution is 2.08. The van der Waals surface area contributed by atoms with Crippen molar-refractivity contribution in [3.63, 3.8) is 0 Å². The van der Waals surface area contributed by atoms with Crippen LogP contribution in [0.3, 0.4) is 0 Å². The Hall–Kier alpha value is -1.26. The van der Waals surface area contributed by atoms with Gasteiger partial charge in [-0.15, -0.1) is 0 Å². The summed E-state index contributed by atoms with van der Waals surface area (Å²) in [7, 11) is 0. The number of amides is 2. The molecule has 5 heteroatoms. The van der Waals surface area contributed by atoms with E-state index < -0.39 is 6.09 Å². The van der Waals surface area contributed by atoms with Gasteiger partial charge < -0.3 is 5.11 Å². The van der Waals surface area contributed by atoms with Crippen LogP contribution in [0.4, 0.5) is 4.79 Å². The second-order valence-corrected chi connectivity index (χ2v) is 2.77. The van der Waals surface area contributed by atoms with E-state index in [2.05, 4.69) is 5.43 Å². The molecule has 1 heterocycles. The number of nitrogens with zero attached hydrogens (tertiary/aromatic N) is 1. The maximum atomic E-state index is 11.1. The van der Waals surface area contributed by atoms with E-state index in [0.29, 0.717) is 13.0 Å². The molecule has 1 aliphatic rings. The minimum Gasteiger partial charge on any atom is -0.464 e. The lowest BCUT2D eigenvalue weighted by atomic mass is 10.2. The number of carboxylic acid groups (broad SMARTS) is 1. The van der Waals surface area contributed by atoms with Crippen molar-refractivity contribution in [1.29, 1.82) is 0 Å². The van der Waals surface area contributed by atoms with Gasteiger partial charge in [0.25, 0.3) is 0 Å². The van der Waals surface area contributed by atoms with Crippen molar-refractivity contribution in [3.05, 3.63) is 0 Å². The van der Waals surface area contributed by atoms with E-state index in [4.69, 9.17) is 5.11 Å². The third-order valence-corrected chi connectivity index (χ3v) is 1.80. The monoisotopic (exact) mass is 172 g/mol. The van der Waals surface area contributed by atoms with Crippen LogP contribution in [0.15, 0.2) is 0 Å². The van der Waals surface area contributed by atoms with Crippen molar-refractivity contribution >= 4 is 12.0 Å². The quantitative estimate of drug-likeness (QED) is 0.607. The van der Waals surface area contributed by atoms with E-state index in [1.165, 1.54) is 5.01 Å². The third kappa shape index (κ3) is 2.41. The highest BCUT2D eigenvalue weighted by Gasteiger charge is 2.17. The average molecular weight is 172 g/mol. The Bertz CT molecular complexity index is 193. The number of carbonyl (C=O) groups excluding carboxylic acids is 1. The molecule has 0 aromatic heterocycles. The van der Waals surface area contributed by atoms with Gasteiger partial charge in [0.05, 0.1) is 0 Å². The van der Waals surface area contributed by atoms with Gasteiger partial charge in [0.15, 0.2) is 0 Å². The predicted octanol–water partition coefficient (Wildman–Crippen LogP) is 0.572. The summed E-state index contributed by atoms with van der Waals surface area (Å²) >= 11 is 0. The van der Waals surface area contributed by atoms with Crippen LogP contribution >= 0.6 is 0 Å². The minimum atomic E-state index is -1.18. The first-order valence-corrected chi connectivity index (χ1v) is 4.00. The van der Waals surface area contributed by atoms with Gasteiger partial charge in [0.1, 0.15) is 0 Å². The van der Waals surface area contributed by atoms with Crippen molar-refractivity contribution in [2.45, 2.75) is 25.7 Å². The van der Waals surface area contributed by atoms with Gasteiger partial charge in [-0.25, -0.2) is 10.2 Å². The molecule has 0 unspecified atom stereocenters. The SMILES string of the molecule is O=C(O)NN1CCCCCC1=O. The lowest BCUT2D eigenvalue weighted by Gasteiger charge is -2.18. The zero-order chi connectivity index (χ0) is 8.97. The highest BCUT2D eigenvalue weighted by atomic mass is 16.4. The molecule has 1 aliphatic heterocycles. The molecule has 0 saturated carbocycles. The molecule has 2 amide bonds. The van der Waals surface area contributed by atoms with Crippen LogP contribution in [-0.2, 0) is 4.79 Å². The van der Waals surface area contributed by atoms with E-state index in [1.807, 2.05) is 0 Å². The lowest BCUT2D eigenvalue weighted by Crippen LogP contribution is -2.45. The molecular weight excluding hydrogens is 160 g/mol. The Labute approximate surface area is 70.3 Å². The minimum absolute atomic E-state index is 0.130. The Balaban J connectivity index is 2.47. The first-order valence-electron chi connectivity index (χ1n) is 4.00. The molecule has 0 spiro atoms. The summed E-state index contributed by atoms with van der Waals surface area (Å²) in [5.41, 5.74) is 2.07. The second-order valence-electron chi connectivity index (χ2n) is 2.77. The van der Waals surface area contributed by atoms with E-state index in [1.54, 1.807) is 0 Å². The number of hydrogen-bond donors (Lipinski definition) is 2. The highest BCUT2D eigenvalue weighted by molar-refractivity contribution is 5.78. The van der Waals surface area contributed by atoms with Crippen molar-refractivity contribution in [1.82, 2.24) is 10.4 Å². The number of carbonyl (C=O) groups is 2. The molecule has 0 atom stereocenters. The normalized spacial score (nSPS) is 18.7. The molecule has 5 nitrogen and oxygen atoms in total. The number of hydrogen-bond acceptors (Lipinski definition) is 2. The predicted molar refractivity (Wildman–Crippen MR) is 41.3 cm³/mol. The van der Waals surface area contributed by atoms with Crippen LogP contribution in [-0.4, -0.2) is 28.7 Å². The largest absolute Gasteiger partial charge is 0.464 e. The number of rotatable bonds is 1. The summed E-state index contributed by atoms with van der Waals surface area (Å²) in [5, 5.41) is 9.55. The summed E-state index contributed by atoms with van der Waals surface area (Å²) in [6, 6.07) is 0. The van der Waals surface area contributed by atoms with Crippen LogP contribution in [0.2, 0.25) is 0 Å². The van der Waals surface area contributed by atoms with Gasteiger partial charge in [-0.2, -0.15) is 0 Å². The Morgan fingerprint density at radius 3 is 2.83 bits per heavy atom. The zero-order valence-corrected chi connectivity index (χ0v) is 6.75. The van der Waals surface area contributed by atoms with Gasteiger partial charge >= 0.3 is 6.09 Å². The molecule has 0 aromatic carbocycles. The third-order valence-electron chi connectivity index (χ3n) is 1.80. The molecule has 2 N–H and O–H groups in total. The molecule has 0 aliphatic carbocycles. The summed E-state index contributed by atoms with van der Waals surface area (Å²) in [5.74, 6) is -0.130. The fourth-order valence-electron chi connectivity index (χ4n) is 1.22. The molecule has 1 rings (SSSR count). The maximum absolute atomic E-state index is 11.1. The maximum Gasteiger partial charge on any atom is 0.423 e. The summed E-state index contributed by atoms with van der Waals surface area (Å²) in [4.78, 5) is 21.4. The van der Waals surface area contributed by atoms with Gasteiger partial charge in [0.2, 0.25) is 5.91 Å². The molecule has 1 fully saturated rings. The van der Waals surface area contributed by atoms with Crippen LogP contribution < -0.4 is 5.43 Å². The zero-order valence-electron chi connectivity index (χ0n) is 6.75. The molecular formula is C7H12N2O3. The molecule has 68 valence electrons. The Morgan fingerprint density at radius 2 is 2.17 bits per heavy atom.